The molecule has 1 atom stereocenters. The van der Waals surface area contributed by atoms with Gasteiger partial charge in [0, 0.05) is 31.0 Å². The fourth-order valence-electron chi connectivity index (χ4n) is 2.99. The van der Waals surface area contributed by atoms with Crippen LogP contribution in [0.2, 0.25) is 5.02 Å². The molecule has 2 amide bonds. The molecule has 1 fully saturated rings. The predicted molar refractivity (Wildman–Crippen MR) is 105 cm³/mol. The molecule has 1 aromatic carbocycles. The lowest BCUT2D eigenvalue weighted by Gasteiger charge is -2.18. The number of nitrogens with two attached hydrogens (primary N) is 1. The molecule has 162 valence electrons. The lowest BCUT2D eigenvalue weighted by atomic mass is 10.2. The molecule has 2 aromatic rings. The van der Waals surface area contributed by atoms with Gasteiger partial charge in [0.05, 0.1) is 10.6 Å². The number of carbonyl (C=O) groups excluding carboxylic acids is 1. The number of alkyl halides is 3. The molecule has 1 aliphatic rings. The monoisotopic (exact) mass is 463 g/mol. The van der Waals surface area contributed by atoms with E-state index < -0.39 is 32.8 Å². The van der Waals surface area contributed by atoms with Gasteiger partial charge < -0.3 is 15.5 Å². The second-order valence-electron chi connectivity index (χ2n) is 6.62. The third kappa shape index (κ3) is 5.32. The summed E-state index contributed by atoms with van der Waals surface area (Å²) in [5, 5.41) is 9.63. The van der Waals surface area contributed by atoms with Crippen LogP contribution in [0.3, 0.4) is 0 Å². The van der Waals surface area contributed by atoms with Crippen molar-refractivity contribution in [2.75, 3.05) is 23.3 Å². The number of aromatic nitrogens is 1. The lowest BCUT2D eigenvalue weighted by Crippen LogP contribution is -2.39. The first kappa shape index (κ1) is 22.1. The van der Waals surface area contributed by atoms with Gasteiger partial charge in [-0.05, 0) is 36.8 Å². The third-order valence-electron chi connectivity index (χ3n) is 4.43. The molecule has 0 aliphatic carbocycles. The number of primary sulfonamides is 1. The van der Waals surface area contributed by atoms with Crippen molar-refractivity contribution in [3.63, 3.8) is 0 Å². The average Bonchev–Trinajstić information content (AvgIpc) is 3.10. The van der Waals surface area contributed by atoms with Gasteiger partial charge in [-0.2, -0.15) is 13.2 Å². The van der Waals surface area contributed by atoms with Gasteiger partial charge in [-0.25, -0.2) is 23.3 Å². The van der Waals surface area contributed by atoms with E-state index in [1.807, 2.05) is 4.90 Å². The van der Waals surface area contributed by atoms with Crippen molar-refractivity contribution < 1.29 is 26.4 Å². The molecule has 8 nitrogen and oxygen atoms in total. The zero-order chi connectivity index (χ0) is 22.1. The van der Waals surface area contributed by atoms with Gasteiger partial charge in [-0.15, -0.1) is 0 Å². The van der Waals surface area contributed by atoms with Crippen LogP contribution < -0.4 is 20.7 Å². The van der Waals surface area contributed by atoms with Crippen molar-refractivity contribution in [3.8, 4) is 0 Å². The largest absolute Gasteiger partial charge is 0.417 e. The molecule has 30 heavy (non-hydrogen) atoms. The van der Waals surface area contributed by atoms with Gasteiger partial charge in [0.1, 0.15) is 10.7 Å². The van der Waals surface area contributed by atoms with Gasteiger partial charge in [0.25, 0.3) is 0 Å². The second-order valence-corrected chi connectivity index (χ2v) is 8.59. The normalized spacial score (nSPS) is 17.1. The first-order valence-corrected chi connectivity index (χ1v) is 10.5. The molecule has 0 bridgehead atoms. The Morgan fingerprint density at radius 2 is 2.00 bits per heavy atom. The summed E-state index contributed by atoms with van der Waals surface area (Å²) in [6.07, 6.45) is -2.92. The summed E-state index contributed by atoms with van der Waals surface area (Å²) in [5.74, 6) is 0.514. The van der Waals surface area contributed by atoms with E-state index in [2.05, 4.69) is 15.6 Å². The van der Waals surface area contributed by atoms with E-state index in [-0.39, 0.29) is 16.6 Å². The van der Waals surface area contributed by atoms with Crippen molar-refractivity contribution in [2.45, 2.75) is 23.5 Å². The zero-order valence-corrected chi connectivity index (χ0v) is 16.9. The van der Waals surface area contributed by atoms with E-state index in [4.69, 9.17) is 16.7 Å². The highest BCUT2D eigenvalue weighted by atomic mass is 35.5. The van der Waals surface area contributed by atoms with Gasteiger partial charge >= 0.3 is 12.2 Å². The molecule has 2 heterocycles. The number of nitrogens with zero attached hydrogens (tertiary/aromatic N) is 2. The molecule has 0 saturated carbocycles. The van der Waals surface area contributed by atoms with Crippen LogP contribution in [0, 0.1) is 0 Å². The number of anilines is 2. The Balaban J connectivity index is 1.59. The molecule has 0 spiro atoms. The van der Waals surface area contributed by atoms with Crippen LogP contribution >= 0.6 is 11.6 Å². The van der Waals surface area contributed by atoms with E-state index >= 15 is 0 Å². The van der Waals surface area contributed by atoms with Crippen LogP contribution in [0.5, 0.6) is 0 Å². The maximum absolute atomic E-state index is 12.9. The Bertz CT molecular complexity index is 1050. The van der Waals surface area contributed by atoms with Crippen LogP contribution in [0.1, 0.15) is 12.0 Å². The second kappa shape index (κ2) is 8.28. The van der Waals surface area contributed by atoms with E-state index in [0.717, 1.165) is 18.3 Å². The van der Waals surface area contributed by atoms with Crippen LogP contribution in [0.25, 0.3) is 0 Å². The van der Waals surface area contributed by atoms with Crippen LogP contribution in [0.4, 0.5) is 29.5 Å². The van der Waals surface area contributed by atoms with E-state index in [9.17, 15) is 26.4 Å². The number of hydrogen-bond acceptors (Lipinski definition) is 5. The fourth-order valence-corrected chi connectivity index (χ4v) is 3.67. The molecule has 0 unspecified atom stereocenters. The van der Waals surface area contributed by atoms with Crippen molar-refractivity contribution in [1.82, 2.24) is 10.3 Å². The molecule has 1 aliphatic heterocycles. The van der Waals surface area contributed by atoms with Gasteiger partial charge in [0.2, 0.25) is 10.0 Å². The Morgan fingerprint density at radius 1 is 1.27 bits per heavy atom. The Hall–Kier alpha value is -2.57. The summed E-state index contributed by atoms with van der Waals surface area (Å²) < 4.78 is 61.3. The average molecular weight is 464 g/mol. The topological polar surface area (TPSA) is 117 Å². The highest BCUT2D eigenvalue weighted by Crippen LogP contribution is 2.36. The number of urea groups is 1. The maximum Gasteiger partial charge on any atom is 0.417 e. The smallest absolute Gasteiger partial charge is 0.354 e. The first-order valence-electron chi connectivity index (χ1n) is 8.61. The zero-order valence-electron chi connectivity index (χ0n) is 15.3. The lowest BCUT2D eigenvalue weighted by molar-refractivity contribution is -0.137. The van der Waals surface area contributed by atoms with Crippen molar-refractivity contribution in [3.05, 3.63) is 47.1 Å². The maximum atomic E-state index is 12.9. The Morgan fingerprint density at radius 3 is 2.60 bits per heavy atom. The molecule has 4 N–H and O–H groups in total. The number of carbonyl (C=O) groups is 1. The predicted octanol–water partition coefficient (Wildman–Crippen LogP) is 2.80. The van der Waals surface area contributed by atoms with Gasteiger partial charge in [-0.1, -0.05) is 11.6 Å². The minimum atomic E-state index is -4.64. The third-order valence-corrected chi connectivity index (χ3v) is 5.65. The number of amides is 2. The molecule has 1 saturated heterocycles. The summed E-state index contributed by atoms with van der Waals surface area (Å²) >= 11 is 5.56. The summed E-state index contributed by atoms with van der Waals surface area (Å²) in [5.41, 5.74) is -1.08. The quantitative estimate of drug-likeness (QED) is 0.644. The number of benzene rings is 1. The Labute approximate surface area is 175 Å². The highest BCUT2D eigenvalue weighted by Gasteiger charge is 2.33. The highest BCUT2D eigenvalue weighted by molar-refractivity contribution is 7.89. The van der Waals surface area contributed by atoms with Crippen molar-refractivity contribution >= 4 is 39.2 Å². The number of hydrogen-bond donors (Lipinski definition) is 3. The summed E-state index contributed by atoms with van der Waals surface area (Å²) in [6, 6.07) is 5.01. The minimum Gasteiger partial charge on any atom is -0.354 e. The number of halogens is 4. The SMILES string of the molecule is NS(=O)(=O)c1ccc(N2CC[C@H](NC(=O)Nc3ccc(Cl)c(C(F)(F)F)c3)C2)nc1. The molecule has 1 aromatic heterocycles. The molecule has 13 heteroatoms. The number of nitrogens with one attached hydrogen (secondary N) is 2. The number of pyridine rings is 1. The first-order chi connectivity index (χ1) is 13.9. The van der Waals surface area contributed by atoms with Crippen LogP contribution in [-0.2, 0) is 16.2 Å². The number of rotatable bonds is 4. The molecular weight excluding hydrogens is 447 g/mol. The van der Waals surface area contributed by atoms with E-state index in [1.54, 1.807) is 0 Å². The summed E-state index contributed by atoms with van der Waals surface area (Å²) in [4.78, 5) is 18.0. The standard InChI is InChI=1S/C17H17ClF3N5O3S/c18-14-3-1-10(7-13(14)17(19,20)21)24-16(27)25-11-5-6-26(9-11)15-4-2-12(8-23-15)30(22,28)29/h1-4,7-8,11H,5-6,9H2,(H2,22,28,29)(H2,24,25,27)/t11-/m0/s1. The van der Waals surface area contributed by atoms with Crippen molar-refractivity contribution in [2.24, 2.45) is 5.14 Å². The van der Waals surface area contributed by atoms with E-state index in [0.29, 0.717) is 25.3 Å². The van der Waals surface area contributed by atoms with E-state index in [1.165, 1.54) is 18.2 Å². The minimum absolute atomic E-state index is 0.0423. The molecular formula is C17H17ClF3N5O3S. The fraction of sp³-hybridized carbons (Fsp3) is 0.294. The molecule has 0 radical (unpaired) electrons. The van der Waals surface area contributed by atoms with Gasteiger partial charge in [0.15, 0.2) is 0 Å². The summed E-state index contributed by atoms with van der Waals surface area (Å²) in [6.45, 7) is 0.940. The van der Waals surface area contributed by atoms with Crippen LogP contribution in [0.15, 0.2) is 41.4 Å². The van der Waals surface area contributed by atoms with Crippen molar-refractivity contribution in [1.29, 1.82) is 0 Å². The molecule has 3 rings (SSSR count). The summed E-state index contributed by atoms with van der Waals surface area (Å²) in [7, 11) is -3.84. The Kier molecular flexibility index (Phi) is 6.11. The number of sulfonamides is 1. The van der Waals surface area contributed by atoms with Crippen LogP contribution in [-0.4, -0.2) is 38.6 Å². The van der Waals surface area contributed by atoms with Gasteiger partial charge in [-0.3, -0.25) is 0 Å².